The first-order valence-electron chi connectivity index (χ1n) is 7.06. The van der Waals surface area contributed by atoms with Crippen molar-refractivity contribution in [1.29, 1.82) is 0 Å². The fourth-order valence-corrected chi connectivity index (χ4v) is 2.48. The summed E-state index contributed by atoms with van der Waals surface area (Å²) >= 11 is 6.16. The van der Waals surface area contributed by atoms with E-state index in [2.05, 4.69) is 15.2 Å². The van der Waals surface area contributed by atoms with Crippen LogP contribution in [0.4, 0.5) is 0 Å². The molecule has 2 aromatic rings. The average molecular weight is 336 g/mol. The van der Waals surface area contributed by atoms with Gasteiger partial charge in [0.2, 0.25) is 0 Å². The molecule has 0 aliphatic rings. The first kappa shape index (κ1) is 17.0. The third kappa shape index (κ3) is 3.90. The van der Waals surface area contributed by atoms with Gasteiger partial charge in [-0.3, -0.25) is 14.3 Å². The van der Waals surface area contributed by atoms with Gasteiger partial charge in [-0.15, -0.1) is 0 Å². The number of aromatic nitrogens is 2. The van der Waals surface area contributed by atoms with Gasteiger partial charge in [-0.25, -0.2) is 0 Å². The van der Waals surface area contributed by atoms with Gasteiger partial charge in [0, 0.05) is 10.7 Å². The highest BCUT2D eigenvalue weighted by Gasteiger charge is 2.19. The molecule has 6 nitrogen and oxygen atoms in total. The van der Waals surface area contributed by atoms with Crippen LogP contribution in [0.5, 0.6) is 0 Å². The Hall–Kier alpha value is -2.34. The maximum absolute atomic E-state index is 12.2. The molecule has 122 valence electrons. The van der Waals surface area contributed by atoms with Crippen molar-refractivity contribution in [2.45, 2.75) is 20.4 Å². The summed E-state index contributed by atoms with van der Waals surface area (Å²) in [6.45, 7) is 3.85. The minimum absolute atomic E-state index is 0.177. The number of carbonyl (C=O) groups excluding carboxylic acids is 2. The summed E-state index contributed by atoms with van der Waals surface area (Å²) in [5, 5.41) is 7.57. The number of benzene rings is 1. The van der Waals surface area contributed by atoms with Gasteiger partial charge < -0.3 is 10.1 Å². The van der Waals surface area contributed by atoms with E-state index in [-0.39, 0.29) is 12.5 Å². The Labute approximate surface area is 139 Å². The standard InChI is InChI=1S/C16H18ClN3O3/c1-10-15(16(22)18-8-14(21)23-3)11(2)20(19-10)9-12-6-4-5-7-13(12)17/h4-7H,8-9H2,1-3H3,(H,18,22). The summed E-state index contributed by atoms with van der Waals surface area (Å²) < 4.78 is 6.23. The lowest BCUT2D eigenvalue weighted by atomic mass is 10.1. The number of amides is 1. The highest BCUT2D eigenvalue weighted by Crippen LogP contribution is 2.19. The molecule has 23 heavy (non-hydrogen) atoms. The van der Waals surface area contributed by atoms with Crippen molar-refractivity contribution in [2.75, 3.05) is 13.7 Å². The molecule has 1 amide bonds. The van der Waals surface area contributed by atoms with Gasteiger partial charge in [-0.1, -0.05) is 29.8 Å². The number of esters is 1. The number of hydrogen-bond acceptors (Lipinski definition) is 4. The van der Waals surface area contributed by atoms with E-state index in [1.54, 1.807) is 11.6 Å². The number of methoxy groups -OCH3 is 1. The van der Waals surface area contributed by atoms with Crippen LogP contribution in [0.25, 0.3) is 0 Å². The topological polar surface area (TPSA) is 73.2 Å². The quantitative estimate of drug-likeness (QED) is 0.849. The first-order chi connectivity index (χ1) is 10.9. The van der Waals surface area contributed by atoms with E-state index in [4.69, 9.17) is 11.6 Å². The molecule has 0 aliphatic carbocycles. The molecular formula is C16H18ClN3O3. The Morgan fingerprint density at radius 2 is 2.00 bits per heavy atom. The van der Waals surface area contributed by atoms with Crippen molar-refractivity contribution in [3.05, 3.63) is 51.8 Å². The number of hydrogen-bond donors (Lipinski definition) is 1. The van der Waals surface area contributed by atoms with Crippen LogP contribution in [0, 0.1) is 13.8 Å². The van der Waals surface area contributed by atoms with Crippen LogP contribution in [-0.4, -0.2) is 35.3 Å². The molecule has 0 fully saturated rings. The normalized spacial score (nSPS) is 10.4. The van der Waals surface area contributed by atoms with Crippen LogP contribution < -0.4 is 5.32 Å². The molecule has 0 saturated carbocycles. The van der Waals surface area contributed by atoms with E-state index in [1.165, 1.54) is 7.11 Å². The van der Waals surface area contributed by atoms with Gasteiger partial charge in [0.05, 0.1) is 24.9 Å². The van der Waals surface area contributed by atoms with E-state index >= 15 is 0 Å². The number of carbonyl (C=O) groups is 2. The zero-order valence-electron chi connectivity index (χ0n) is 13.2. The van der Waals surface area contributed by atoms with Gasteiger partial charge in [0.15, 0.2) is 0 Å². The van der Waals surface area contributed by atoms with E-state index in [1.807, 2.05) is 31.2 Å². The van der Waals surface area contributed by atoms with Crippen molar-refractivity contribution in [3.8, 4) is 0 Å². The van der Waals surface area contributed by atoms with E-state index < -0.39 is 5.97 Å². The van der Waals surface area contributed by atoms with Gasteiger partial charge in [-0.2, -0.15) is 5.10 Å². The minimum atomic E-state index is -0.503. The predicted molar refractivity (Wildman–Crippen MR) is 86.6 cm³/mol. The Balaban J connectivity index is 2.21. The predicted octanol–water partition coefficient (Wildman–Crippen LogP) is 2.10. The number of halogens is 1. The number of nitrogens with one attached hydrogen (secondary N) is 1. The highest BCUT2D eigenvalue weighted by atomic mass is 35.5. The van der Waals surface area contributed by atoms with Gasteiger partial charge >= 0.3 is 5.97 Å². The summed E-state index contributed by atoms with van der Waals surface area (Å²) in [6.07, 6.45) is 0. The fraction of sp³-hybridized carbons (Fsp3) is 0.312. The Morgan fingerprint density at radius 3 is 2.65 bits per heavy atom. The largest absolute Gasteiger partial charge is 0.468 e. The van der Waals surface area contributed by atoms with Crippen molar-refractivity contribution in [2.24, 2.45) is 0 Å². The van der Waals surface area contributed by atoms with Crippen LogP contribution >= 0.6 is 11.6 Å². The molecule has 0 bridgehead atoms. The van der Waals surface area contributed by atoms with Crippen LogP contribution in [0.15, 0.2) is 24.3 Å². The maximum Gasteiger partial charge on any atom is 0.325 e. The number of rotatable bonds is 5. The van der Waals surface area contributed by atoms with Gasteiger partial charge in [-0.05, 0) is 25.5 Å². The van der Waals surface area contributed by atoms with Crippen LogP contribution in [-0.2, 0) is 16.1 Å². The van der Waals surface area contributed by atoms with E-state index in [0.29, 0.717) is 28.5 Å². The minimum Gasteiger partial charge on any atom is -0.468 e. The van der Waals surface area contributed by atoms with E-state index in [9.17, 15) is 9.59 Å². The molecule has 7 heteroatoms. The Morgan fingerprint density at radius 1 is 1.30 bits per heavy atom. The summed E-state index contributed by atoms with van der Waals surface area (Å²) in [6, 6.07) is 7.48. The zero-order valence-corrected chi connectivity index (χ0v) is 14.0. The monoisotopic (exact) mass is 335 g/mol. The van der Waals surface area contributed by atoms with Crippen LogP contribution in [0.1, 0.15) is 27.3 Å². The van der Waals surface area contributed by atoms with Crippen molar-refractivity contribution >= 4 is 23.5 Å². The summed E-state index contributed by atoms with van der Waals surface area (Å²) in [4.78, 5) is 23.4. The summed E-state index contributed by atoms with van der Waals surface area (Å²) in [5.41, 5.74) is 2.68. The summed E-state index contributed by atoms with van der Waals surface area (Å²) in [7, 11) is 1.27. The second-order valence-corrected chi connectivity index (χ2v) is 5.46. The molecule has 0 saturated heterocycles. The third-order valence-electron chi connectivity index (χ3n) is 3.51. The van der Waals surface area contributed by atoms with Crippen LogP contribution in [0.2, 0.25) is 5.02 Å². The Kier molecular flexibility index (Phi) is 5.39. The lowest BCUT2D eigenvalue weighted by molar-refractivity contribution is -0.139. The molecule has 1 N–H and O–H groups in total. The molecule has 1 heterocycles. The summed E-state index contributed by atoms with van der Waals surface area (Å²) in [5.74, 6) is -0.854. The van der Waals surface area contributed by atoms with Gasteiger partial charge in [0.25, 0.3) is 5.91 Å². The molecule has 0 spiro atoms. The van der Waals surface area contributed by atoms with Crippen molar-refractivity contribution in [3.63, 3.8) is 0 Å². The van der Waals surface area contributed by atoms with Gasteiger partial charge in [0.1, 0.15) is 6.54 Å². The molecule has 1 aromatic carbocycles. The maximum atomic E-state index is 12.2. The molecule has 0 atom stereocenters. The smallest absolute Gasteiger partial charge is 0.325 e. The zero-order chi connectivity index (χ0) is 17.0. The van der Waals surface area contributed by atoms with Crippen LogP contribution in [0.3, 0.4) is 0 Å². The third-order valence-corrected chi connectivity index (χ3v) is 3.88. The lowest BCUT2D eigenvalue weighted by Crippen LogP contribution is -2.30. The Bertz CT molecular complexity index is 740. The van der Waals surface area contributed by atoms with Crippen molar-refractivity contribution < 1.29 is 14.3 Å². The number of nitrogens with zero attached hydrogens (tertiary/aromatic N) is 2. The molecule has 1 aromatic heterocycles. The van der Waals surface area contributed by atoms with Crippen molar-refractivity contribution in [1.82, 2.24) is 15.1 Å². The molecule has 0 radical (unpaired) electrons. The molecule has 0 unspecified atom stereocenters. The lowest BCUT2D eigenvalue weighted by Gasteiger charge is -2.07. The molecule has 2 rings (SSSR count). The highest BCUT2D eigenvalue weighted by molar-refractivity contribution is 6.31. The second-order valence-electron chi connectivity index (χ2n) is 5.05. The molecular weight excluding hydrogens is 318 g/mol. The SMILES string of the molecule is COC(=O)CNC(=O)c1c(C)nn(Cc2ccccc2Cl)c1C. The number of aryl methyl sites for hydroxylation is 1. The van der Waals surface area contributed by atoms with E-state index in [0.717, 1.165) is 5.56 Å². The number of ether oxygens (including phenoxy) is 1. The second kappa shape index (κ2) is 7.28. The first-order valence-corrected chi connectivity index (χ1v) is 7.44. The molecule has 0 aliphatic heterocycles. The fourth-order valence-electron chi connectivity index (χ4n) is 2.28. The average Bonchev–Trinajstić information content (AvgIpc) is 2.81.